The highest BCUT2D eigenvalue weighted by Gasteiger charge is 2.41. The standard InChI is InChI=1S/C21H21BN2O2/c25-21(26)11-3-4-12-22(21)16-9-7-14(8-10-16)19-18-13-15-5-1-2-6-17(15)20(18)24-23-19/h1-2,5-10,25-26H,3-4,11-13H2,(H,23,24). The molecule has 26 heavy (non-hydrogen) atoms. The predicted octanol–water partition coefficient (Wildman–Crippen LogP) is 2.75. The van der Waals surface area contributed by atoms with E-state index in [0.29, 0.717) is 6.42 Å². The predicted molar refractivity (Wildman–Crippen MR) is 103 cm³/mol. The number of H-pyrrole nitrogens is 1. The van der Waals surface area contributed by atoms with Crippen molar-refractivity contribution in [2.75, 3.05) is 0 Å². The smallest absolute Gasteiger partial charge is 0.247 e. The number of aromatic amines is 1. The van der Waals surface area contributed by atoms with Gasteiger partial charge in [-0.1, -0.05) is 66.7 Å². The first-order valence-corrected chi connectivity index (χ1v) is 9.34. The molecule has 1 fully saturated rings. The van der Waals surface area contributed by atoms with Crippen molar-refractivity contribution in [2.24, 2.45) is 0 Å². The molecule has 4 nitrogen and oxygen atoms in total. The SMILES string of the molecule is OC1(O)CCCCB1c1ccc(-c2[nH]nc3c2Cc2ccccc2-3)cc1. The van der Waals surface area contributed by atoms with E-state index in [1.807, 2.05) is 12.1 Å². The van der Waals surface area contributed by atoms with Gasteiger partial charge in [0.25, 0.3) is 0 Å². The summed E-state index contributed by atoms with van der Waals surface area (Å²) in [5, 5.41) is 28.4. The second kappa shape index (κ2) is 5.83. The maximum absolute atomic E-state index is 10.3. The van der Waals surface area contributed by atoms with E-state index in [-0.39, 0.29) is 6.71 Å². The quantitative estimate of drug-likeness (QED) is 0.387. The maximum Gasteiger partial charge on any atom is 0.247 e. The van der Waals surface area contributed by atoms with Crippen molar-refractivity contribution in [3.05, 3.63) is 59.7 Å². The largest absolute Gasteiger partial charge is 0.373 e. The zero-order valence-electron chi connectivity index (χ0n) is 14.6. The van der Waals surface area contributed by atoms with Crippen LogP contribution in [0.25, 0.3) is 22.5 Å². The zero-order valence-corrected chi connectivity index (χ0v) is 14.6. The van der Waals surface area contributed by atoms with Crippen molar-refractivity contribution in [1.29, 1.82) is 0 Å². The van der Waals surface area contributed by atoms with Crippen LogP contribution in [-0.4, -0.2) is 32.8 Å². The van der Waals surface area contributed by atoms with Crippen molar-refractivity contribution < 1.29 is 10.2 Å². The summed E-state index contributed by atoms with van der Waals surface area (Å²) in [6, 6.07) is 16.6. The number of aliphatic hydroxyl groups is 2. The highest BCUT2D eigenvalue weighted by Crippen LogP contribution is 2.39. The third-order valence-electron chi connectivity index (χ3n) is 5.95. The number of aromatic nitrogens is 2. The number of hydrogen-bond donors (Lipinski definition) is 3. The Morgan fingerprint density at radius 1 is 1.00 bits per heavy atom. The van der Waals surface area contributed by atoms with Gasteiger partial charge in [-0.2, -0.15) is 5.10 Å². The summed E-state index contributed by atoms with van der Waals surface area (Å²) in [7, 11) is 0. The number of rotatable bonds is 2. The number of fused-ring (bicyclic) bond motifs is 3. The van der Waals surface area contributed by atoms with Crippen LogP contribution in [0.1, 0.15) is 30.4 Å². The van der Waals surface area contributed by atoms with Crippen molar-refractivity contribution in [1.82, 2.24) is 10.2 Å². The lowest BCUT2D eigenvalue weighted by Gasteiger charge is -2.33. The molecule has 0 bridgehead atoms. The second-order valence-corrected chi connectivity index (χ2v) is 7.56. The molecule has 5 heteroatoms. The lowest BCUT2D eigenvalue weighted by Crippen LogP contribution is -2.55. The summed E-state index contributed by atoms with van der Waals surface area (Å²) in [5.41, 5.74) is 6.40. The van der Waals surface area contributed by atoms with E-state index in [9.17, 15) is 10.2 Å². The monoisotopic (exact) mass is 344 g/mol. The third kappa shape index (κ3) is 2.42. The zero-order chi connectivity index (χ0) is 17.7. The Hall–Kier alpha value is -2.37. The van der Waals surface area contributed by atoms with Crippen molar-refractivity contribution >= 4 is 12.2 Å². The molecular weight excluding hydrogens is 323 g/mol. The molecule has 1 aromatic heterocycles. The topological polar surface area (TPSA) is 69.1 Å². The van der Waals surface area contributed by atoms with Gasteiger partial charge < -0.3 is 10.2 Å². The molecule has 1 aliphatic carbocycles. The number of hydrogen-bond acceptors (Lipinski definition) is 3. The molecule has 1 saturated heterocycles. The van der Waals surface area contributed by atoms with Crippen LogP contribution in [0, 0.1) is 0 Å². The van der Waals surface area contributed by atoms with Crippen molar-refractivity contribution in [2.45, 2.75) is 37.7 Å². The van der Waals surface area contributed by atoms with Crippen LogP contribution in [0.3, 0.4) is 0 Å². The Labute approximate surface area is 153 Å². The lowest BCUT2D eigenvalue weighted by atomic mass is 9.34. The molecule has 5 rings (SSSR count). The molecule has 3 N–H and O–H groups in total. The van der Waals surface area contributed by atoms with Gasteiger partial charge >= 0.3 is 0 Å². The summed E-state index contributed by atoms with van der Waals surface area (Å²) in [6.07, 6.45) is 4.09. The van der Waals surface area contributed by atoms with E-state index < -0.39 is 5.69 Å². The van der Waals surface area contributed by atoms with Gasteiger partial charge in [-0.05, 0) is 24.0 Å². The van der Waals surface area contributed by atoms with Crippen molar-refractivity contribution in [3.8, 4) is 22.5 Å². The van der Waals surface area contributed by atoms with Crippen LogP contribution in [0.15, 0.2) is 48.5 Å². The Kier molecular flexibility index (Phi) is 3.55. The minimum atomic E-state index is -1.59. The molecule has 0 spiro atoms. The summed E-state index contributed by atoms with van der Waals surface area (Å²) in [5.74, 6) is 0. The molecule has 1 aliphatic heterocycles. The van der Waals surface area contributed by atoms with Crippen LogP contribution in [0.4, 0.5) is 0 Å². The van der Waals surface area contributed by atoms with Gasteiger partial charge in [-0.15, -0.1) is 0 Å². The number of nitrogens with zero attached hydrogens (tertiary/aromatic N) is 1. The molecule has 3 aromatic rings. The van der Waals surface area contributed by atoms with Gasteiger partial charge in [-0.3, -0.25) is 5.10 Å². The van der Waals surface area contributed by atoms with Gasteiger partial charge in [0.2, 0.25) is 6.71 Å². The summed E-state index contributed by atoms with van der Waals surface area (Å²) in [6.45, 7) is -0.206. The van der Waals surface area contributed by atoms with E-state index in [4.69, 9.17) is 0 Å². The molecule has 0 amide bonds. The summed E-state index contributed by atoms with van der Waals surface area (Å²) in [4.78, 5) is 0. The average molecular weight is 344 g/mol. The van der Waals surface area contributed by atoms with Crippen LogP contribution < -0.4 is 5.46 Å². The Balaban J connectivity index is 1.47. The molecule has 0 radical (unpaired) electrons. The van der Waals surface area contributed by atoms with Gasteiger partial charge in [-0.25, -0.2) is 0 Å². The van der Waals surface area contributed by atoms with Gasteiger partial charge in [0.1, 0.15) is 5.69 Å². The second-order valence-electron chi connectivity index (χ2n) is 7.56. The van der Waals surface area contributed by atoms with E-state index in [1.54, 1.807) is 0 Å². The molecule has 0 atom stereocenters. The summed E-state index contributed by atoms with van der Waals surface area (Å²) < 4.78 is 0. The fraction of sp³-hybridized carbons (Fsp3) is 0.286. The molecule has 2 aliphatic rings. The first-order chi connectivity index (χ1) is 12.6. The highest BCUT2D eigenvalue weighted by atomic mass is 16.5. The maximum atomic E-state index is 10.3. The Bertz CT molecular complexity index is 962. The minimum absolute atomic E-state index is 0.206. The van der Waals surface area contributed by atoms with Crippen molar-refractivity contribution in [3.63, 3.8) is 0 Å². The van der Waals surface area contributed by atoms with Gasteiger partial charge in [0, 0.05) is 17.5 Å². The molecule has 130 valence electrons. The molecule has 2 aromatic carbocycles. The van der Waals surface area contributed by atoms with E-state index in [1.165, 1.54) is 16.7 Å². The van der Waals surface area contributed by atoms with Gasteiger partial charge in [0.05, 0.1) is 11.4 Å². The first kappa shape index (κ1) is 15.9. The van der Waals surface area contributed by atoms with Crippen LogP contribution in [0.2, 0.25) is 6.32 Å². The van der Waals surface area contributed by atoms with E-state index in [2.05, 4.69) is 46.6 Å². The first-order valence-electron chi connectivity index (χ1n) is 9.34. The molecule has 0 saturated carbocycles. The minimum Gasteiger partial charge on any atom is -0.373 e. The molecular formula is C21H21BN2O2. The van der Waals surface area contributed by atoms with E-state index >= 15 is 0 Å². The lowest BCUT2D eigenvalue weighted by molar-refractivity contribution is -0.101. The fourth-order valence-corrected chi connectivity index (χ4v) is 4.55. The van der Waals surface area contributed by atoms with Crippen LogP contribution >= 0.6 is 0 Å². The van der Waals surface area contributed by atoms with Crippen LogP contribution in [0.5, 0.6) is 0 Å². The van der Waals surface area contributed by atoms with E-state index in [0.717, 1.165) is 48.0 Å². The fourth-order valence-electron chi connectivity index (χ4n) is 4.55. The van der Waals surface area contributed by atoms with Gasteiger partial charge in [0.15, 0.2) is 0 Å². The Morgan fingerprint density at radius 2 is 1.81 bits per heavy atom. The number of nitrogens with one attached hydrogen (secondary N) is 1. The normalized spacial score (nSPS) is 17.8. The van der Waals surface area contributed by atoms with Crippen LogP contribution in [-0.2, 0) is 6.42 Å². The Morgan fingerprint density at radius 3 is 2.62 bits per heavy atom. The highest BCUT2D eigenvalue weighted by molar-refractivity contribution is 6.75. The molecule has 2 heterocycles. The third-order valence-corrected chi connectivity index (χ3v) is 5.95. The number of benzene rings is 2. The molecule has 0 unspecified atom stereocenters. The summed E-state index contributed by atoms with van der Waals surface area (Å²) >= 11 is 0. The average Bonchev–Trinajstić information content (AvgIpc) is 3.21.